The number of nitrogens with two attached hydrogens (primary N) is 1. The van der Waals surface area contributed by atoms with Crippen molar-refractivity contribution in [3.05, 3.63) is 52.6 Å². The number of aliphatic hydroxyl groups is 1. The molecule has 2 fully saturated rings. The van der Waals surface area contributed by atoms with Crippen LogP contribution in [0.5, 0.6) is 0 Å². The van der Waals surface area contributed by atoms with Crippen LogP contribution in [0.4, 0.5) is 5.82 Å². The smallest absolute Gasteiger partial charge is 0.264 e. The molecule has 1 unspecified atom stereocenters. The van der Waals surface area contributed by atoms with Crippen LogP contribution in [0.3, 0.4) is 0 Å². The van der Waals surface area contributed by atoms with E-state index in [1.807, 2.05) is 18.2 Å². The normalized spacial score (nSPS) is 20.4. The number of anilines is 1. The van der Waals surface area contributed by atoms with Gasteiger partial charge in [-0.1, -0.05) is 24.3 Å². The van der Waals surface area contributed by atoms with Crippen molar-refractivity contribution < 1.29 is 5.11 Å². The highest BCUT2D eigenvalue weighted by Crippen LogP contribution is 2.43. The second-order valence-corrected chi connectivity index (χ2v) is 8.40. The number of hydrogen-bond acceptors (Lipinski definition) is 6. The number of aliphatic hydroxyl groups excluding tert-OH is 1. The third kappa shape index (κ3) is 3.10. The van der Waals surface area contributed by atoms with E-state index >= 15 is 0 Å². The Morgan fingerprint density at radius 2 is 2.03 bits per heavy atom. The maximum absolute atomic E-state index is 12.9. The number of benzene rings is 1. The zero-order valence-electron chi connectivity index (χ0n) is 16.5. The summed E-state index contributed by atoms with van der Waals surface area (Å²) >= 11 is 0. The fraction of sp³-hybridized carbons (Fsp3) is 0.409. The quantitative estimate of drug-likeness (QED) is 0.703. The monoisotopic (exact) mass is 391 g/mol. The van der Waals surface area contributed by atoms with Gasteiger partial charge < -0.3 is 20.3 Å². The third-order valence-corrected chi connectivity index (χ3v) is 6.27. The predicted octanol–water partition coefficient (Wildman–Crippen LogP) is 1.76. The number of rotatable bonds is 4. The van der Waals surface area contributed by atoms with Crippen molar-refractivity contribution in [2.75, 3.05) is 24.6 Å². The van der Waals surface area contributed by atoms with E-state index in [1.165, 1.54) is 4.57 Å². The first-order valence-electron chi connectivity index (χ1n) is 10.1. The third-order valence-electron chi connectivity index (χ3n) is 6.27. The van der Waals surface area contributed by atoms with E-state index in [2.05, 4.69) is 22.0 Å². The summed E-state index contributed by atoms with van der Waals surface area (Å²) in [7, 11) is 1.70. The summed E-state index contributed by atoms with van der Waals surface area (Å²) < 4.78 is 1.48. The molecule has 1 atom stereocenters. The molecule has 1 aliphatic heterocycles. The number of pyridine rings is 1. The molecule has 7 heteroatoms. The molecule has 0 radical (unpaired) electrons. The molecule has 2 aromatic heterocycles. The molecule has 0 amide bonds. The second kappa shape index (κ2) is 6.64. The maximum Gasteiger partial charge on any atom is 0.264 e. The fourth-order valence-electron chi connectivity index (χ4n) is 4.15. The van der Waals surface area contributed by atoms with Gasteiger partial charge >= 0.3 is 0 Å². The van der Waals surface area contributed by atoms with Crippen LogP contribution in [0.1, 0.15) is 24.8 Å². The lowest BCUT2D eigenvalue weighted by Gasteiger charge is -2.20. The molecule has 1 saturated carbocycles. The Labute approximate surface area is 168 Å². The largest absolute Gasteiger partial charge is 0.396 e. The van der Waals surface area contributed by atoms with Gasteiger partial charge in [0.2, 0.25) is 0 Å². The minimum Gasteiger partial charge on any atom is -0.396 e. The minimum absolute atomic E-state index is 0.106. The maximum atomic E-state index is 12.9. The van der Waals surface area contributed by atoms with Crippen LogP contribution in [-0.4, -0.2) is 39.3 Å². The van der Waals surface area contributed by atoms with Crippen molar-refractivity contribution in [1.82, 2.24) is 14.5 Å². The van der Waals surface area contributed by atoms with E-state index in [0.29, 0.717) is 23.3 Å². The molecule has 7 nitrogen and oxygen atoms in total. The molecule has 3 aromatic rings. The summed E-state index contributed by atoms with van der Waals surface area (Å²) in [5.41, 5.74) is 9.59. The van der Waals surface area contributed by atoms with Gasteiger partial charge in [0, 0.05) is 43.8 Å². The van der Waals surface area contributed by atoms with Crippen molar-refractivity contribution in [3.63, 3.8) is 0 Å². The molecule has 1 aliphatic carbocycles. The van der Waals surface area contributed by atoms with Crippen molar-refractivity contribution in [1.29, 1.82) is 0 Å². The van der Waals surface area contributed by atoms with Gasteiger partial charge in [0.05, 0.1) is 17.5 Å². The standard InChI is InChI=1S/C22H25N5O2/c1-26-13-24-18-10-17(15-2-4-16(5-3-15)22(23)7-8-22)25-20(19(18)21(26)29)27-9-6-14(11-27)12-28/h2-5,10,13-14,28H,6-9,11-12,23H2,1H3. The zero-order chi connectivity index (χ0) is 20.2. The average molecular weight is 391 g/mol. The first kappa shape index (κ1) is 18.3. The van der Waals surface area contributed by atoms with Gasteiger partial charge in [0.1, 0.15) is 11.2 Å². The van der Waals surface area contributed by atoms with Crippen molar-refractivity contribution >= 4 is 16.7 Å². The van der Waals surface area contributed by atoms with Gasteiger partial charge in [0.15, 0.2) is 0 Å². The summed E-state index contributed by atoms with van der Waals surface area (Å²) in [6, 6.07) is 10.1. The summed E-state index contributed by atoms with van der Waals surface area (Å²) in [4.78, 5) is 24.3. The molecule has 5 rings (SSSR count). The lowest BCUT2D eigenvalue weighted by Crippen LogP contribution is -2.26. The van der Waals surface area contributed by atoms with E-state index in [4.69, 9.17) is 10.7 Å². The highest BCUT2D eigenvalue weighted by molar-refractivity contribution is 5.91. The van der Waals surface area contributed by atoms with Crippen molar-refractivity contribution in [2.45, 2.75) is 24.8 Å². The van der Waals surface area contributed by atoms with Gasteiger partial charge in [-0.25, -0.2) is 9.97 Å². The van der Waals surface area contributed by atoms with Crippen molar-refractivity contribution in [3.8, 4) is 11.3 Å². The minimum atomic E-state index is -0.164. The van der Waals surface area contributed by atoms with Crippen LogP contribution >= 0.6 is 0 Å². The SMILES string of the molecule is Cn1cnc2cc(-c3ccc(C4(N)CC4)cc3)nc(N3CCC(CO)C3)c2c1=O. The lowest BCUT2D eigenvalue weighted by atomic mass is 10.0. The van der Waals surface area contributed by atoms with Crippen LogP contribution in [0.25, 0.3) is 22.2 Å². The Bertz CT molecular complexity index is 1130. The highest BCUT2D eigenvalue weighted by Gasteiger charge is 2.39. The van der Waals surface area contributed by atoms with Gasteiger partial charge in [-0.15, -0.1) is 0 Å². The Kier molecular flexibility index (Phi) is 4.18. The number of aromatic nitrogens is 3. The lowest BCUT2D eigenvalue weighted by molar-refractivity contribution is 0.238. The zero-order valence-corrected chi connectivity index (χ0v) is 16.5. The fourth-order valence-corrected chi connectivity index (χ4v) is 4.15. The van der Waals surface area contributed by atoms with Gasteiger partial charge in [-0.2, -0.15) is 0 Å². The predicted molar refractivity (Wildman–Crippen MR) is 113 cm³/mol. The summed E-state index contributed by atoms with van der Waals surface area (Å²) in [5, 5.41) is 10.1. The van der Waals surface area contributed by atoms with E-state index < -0.39 is 0 Å². The number of aryl methyl sites for hydroxylation is 1. The highest BCUT2D eigenvalue weighted by atomic mass is 16.3. The molecule has 1 aromatic carbocycles. The van der Waals surface area contributed by atoms with Crippen LogP contribution in [-0.2, 0) is 12.6 Å². The first-order chi connectivity index (χ1) is 14.0. The summed E-state index contributed by atoms with van der Waals surface area (Å²) in [5.74, 6) is 0.860. The van der Waals surface area contributed by atoms with Crippen LogP contribution < -0.4 is 16.2 Å². The van der Waals surface area contributed by atoms with E-state index in [1.54, 1.807) is 13.4 Å². The summed E-state index contributed by atoms with van der Waals surface area (Å²) in [6.07, 6.45) is 4.49. The number of fused-ring (bicyclic) bond motifs is 1. The second-order valence-electron chi connectivity index (χ2n) is 8.40. The first-order valence-corrected chi connectivity index (χ1v) is 10.1. The molecular weight excluding hydrogens is 366 g/mol. The Morgan fingerprint density at radius 3 is 2.69 bits per heavy atom. The molecule has 3 N–H and O–H groups in total. The van der Waals surface area contributed by atoms with Gasteiger partial charge in [-0.3, -0.25) is 4.79 Å². The van der Waals surface area contributed by atoms with E-state index in [9.17, 15) is 9.90 Å². The molecule has 150 valence electrons. The Hall–Kier alpha value is -2.77. The average Bonchev–Trinajstić information content (AvgIpc) is 3.31. The van der Waals surface area contributed by atoms with Gasteiger partial charge in [0.25, 0.3) is 5.56 Å². The topological polar surface area (TPSA) is 97.3 Å². The van der Waals surface area contributed by atoms with Crippen LogP contribution in [0, 0.1) is 5.92 Å². The molecule has 0 spiro atoms. The molecule has 0 bridgehead atoms. The molecule has 29 heavy (non-hydrogen) atoms. The van der Waals surface area contributed by atoms with E-state index in [0.717, 1.165) is 42.6 Å². The Balaban J connectivity index is 1.63. The molecule has 3 heterocycles. The van der Waals surface area contributed by atoms with Crippen LogP contribution in [0.15, 0.2) is 41.5 Å². The number of nitrogens with zero attached hydrogens (tertiary/aromatic N) is 4. The molecular formula is C22H25N5O2. The molecule has 2 aliphatic rings. The van der Waals surface area contributed by atoms with Crippen molar-refractivity contribution in [2.24, 2.45) is 18.7 Å². The summed E-state index contributed by atoms with van der Waals surface area (Å²) in [6.45, 7) is 1.60. The van der Waals surface area contributed by atoms with Gasteiger partial charge in [-0.05, 0) is 30.9 Å². The Morgan fingerprint density at radius 1 is 1.28 bits per heavy atom. The number of hydrogen-bond donors (Lipinski definition) is 2. The van der Waals surface area contributed by atoms with Crippen LogP contribution in [0.2, 0.25) is 0 Å². The molecule has 1 saturated heterocycles. The van der Waals surface area contributed by atoms with E-state index in [-0.39, 0.29) is 23.6 Å².